The minimum absolute atomic E-state index is 0.0891. The number of aryl methyl sites for hydroxylation is 2. The Morgan fingerprint density at radius 3 is 2.79 bits per heavy atom. The van der Waals surface area contributed by atoms with Gasteiger partial charge in [-0.1, -0.05) is 18.2 Å². The lowest BCUT2D eigenvalue weighted by molar-refractivity contribution is -0.122. The number of aromatic nitrogens is 2. The number of benzene rings is 1. The first kappa shape index (κ1) is 16.2. The van der Waals surface area contributed by atoms with Crippen LogP contribution < -0.4 is 4.90 Å². The molecule has 1 aromatic heterocycles. The third-order valence-corrected chi connectivity index (χ3v) is 4.57. The van der Waals surface area contributed by atoms with Crippen molar-refractivity contribution in [3.63, 3.8) is 0 Å². The third kappa shape index (κ3) is 2.91. The number of carbonyl (C=O) groups excluding carboxylic acids is 2. The average Bonchev–Trinajstić information content (AvgIpc) is 2.91. The summed E-state index contributed by atoms with van der Waals surface area (Å²) in [6.07, 6.45) is 3.31. The first-order chi connectivity index (χ1) is 11.5. The monoisotopic (exact) mass is 327 g/mol. The number of hydrogen-bond acceptors (Lipinski definition) is 4. The molecule has 1 aliphatic heterocycles. The highest BCUT2D eigenvalue weighted by Crippen LogP contribution is 2.30. The summed E-state index contributed by atoms with van der Waals surface area (Å²) in [5, 5.41) is 4.02. The van der Waals surface area contributed by atoms with Crippen molar-refractivity contribution >= 4 is 17.6 Å². The molecule has 1 amide bonds. The largest absolute Gasteiger partial charge is 0.452 e. The normalized spacial score (nSPS) is 16.6. The highest BCUT2D eigenvalue weighted by atomic mass is 16.5. The van der Waals surface area contributed by atoms with Crippen molar-refractivity contribution in [2.75, 3.05) is 11.5 Å². The number of ether oxygens (including phenoxy) is 1. The van der Waals surface area contributed by atoms with Gasteiger partial charge in [0.1, 0.15) is 5.56 Å². The second-order valence-electron chi connectivity index (χ2n) is 6.12. The molecule has 0 unspecified atom stereocenters. The quantitative estimate of drug-likeness (QED) is 0.811. The molecule has 6 nitrogen and oxygen atoms in total. The minimum Gasteiger partial charge on any atom is -0.452 e. The number of nitrogens with zero attached hydrogens (tertiary/aromatic N) is 3. The lowest BCUT2D eigenvalue weighted by Crippen LogP contribution is -2.44. The fourth-order valence-electron chi connectivity index (χ4n) is 3.04. The molecule has 126 valence electrons. The second-order valence-corrected chi connectivity index (χ2v) is 6.12. The van der Waals surface area contributed by atoms with Gasteiger partial charge >= 0.3 is 5.97 Å². The Morgan fingerprint density at radius 2 is 2.08 bits per heavy atom. The van der Waals surface area contributed by atoms with Crippen LogP contribution in [0, 0.1) is 6.92 Å². The number of fused-ring (bicyclic) bond motifs is 1. The molecule has 24 heavy (non-hydrogen) atoms. The Morgan fingerprint density at radius 1 is 1.33 bits per heavy atom. The molecular formula is C18H21N3O3. The number of anilines is 1. The number of esters is 1. The van der Waals surface area contributed by atoms with Gasteiger partial charge in [-0.15, -0.1) is 0 Å². The van der Waals surface area contributed by atoms with E-state index in [0.29, 0.717) is 11.3 Å². The summed E-state index contributed by atoms with van der Waals surface area (Å²) in [6, 6.07) is 7.96. The van der Waals surface area contributed by atoms with Gasteiger partial charge in [0.25, 0.3) is 5.91 Å². The highest BCUT2D eigenvalue weighted by Gasteiger charge is 2.28. The Kier molecular flexibility index (Phi) is 4.38. The lowest BCUT2D eigenvalue weighted by atomic mass is 9.96. The van der Waals surface area contributed by atoms with Crippen molar-refractivity contribution in [3.8, 4) is 0 Å². The van der Waals surface area contributed by atoms with Gasteiger partial charge < -0.3 is 9.64 Å². The molecule has 0 saturated heterocycles. The molecule has 1 aromatic carbocycles. The first-order valence-electron chi connectivity index (χ1n) is 8.04. The van der Waals surface area contributed by atoms with Crippen molar-refractivity contribution in [1.82, 2.24) is 9.78 Å². The van der Waals surface area contributed by atoms with E-state index in [2.05, 4.69) is 5.10 Å². The van der Waals surface area contributed by atoms with Crippen LogP contribution in [0.1, 0.15) is 35.0 Å². The summed E-state index contributed by atoms with van der Waals surface area (Å²) in [5.41, 5.74) is 3.16. The molecule has 0 N–H and O–H groups in total. The minimum atomic E-state index is -0.521. The number of para-hydroxylation sites is 1. The van der Waals surface area contributed by atoms with Crippen molar-refractivity contribution in [2.24, 2.45) is 7.05 Å². The van der Waals surface area contributed by atoms with Crippen molar-refractivity contribution in [1.29, 1.82) is 0 Å². The van der Waals surface area contributed by atoms with Crippen LogP contribution in [0.5, 0.6) is 0 Å². The van der Waals surface area contributed by atoms with E-state index in [4.69, 9.17) is 4.74 Å². The fraction of sp³-hybridized carbons (Fsp3) is 0.389. The van der Waals surface area contributed by atoms with Gasteiger partial charge in [-0.25, -0.2) is 4.79 Å². The molecule has 3 rings (SSSR count). The van der Waals surface area contributed by atoms with Crippen LogP contribution in [-0.2, 0) is 23.0 Å². The van der Waals surface area contributed by atoms with E-state index in [-0.39, 0.29) is 18.6 Å². The van der Waals surface area contributed by atoms with Gasteiger partial charge in [0.05, 0.1) is 6.20 Å². The Hall–Kier alpha value is -2.63. The van der Waals surface area contributed by atoms with Crippen LogP contribution >= 0.6 is 0 Å². The number of amides is 1. The Balaban J connectivity index is 1.71. The molecule has 1 atom stereocenters. The second kappa shape index (κ2) is 6.47. The van der Waals surface area contributed by atoms with Gasteiger partial charge in [-0.3, -0.25) is 9.48 Å². The van der Waals surface area contributed by atoms with Crippen LogP contribution in [0.4, 0.5) is 5.69 Å². The summed E-state index contributed by atoms with van der Waals surface area (Å²) in [6.45, 7) is 3.53. The van der Waals surface area contributed by atoms with E-state index in [1.807, 2.05) is 31.2 Å². The van der Waals surface area contributed by atoms with Crippen LogP contribution in [0.3, 0.4) is 0 Å². The molecule has 0 bridgehead atoms. The molecule has 2 aromatic rings. The zero-order chi connectivity index (χ0) is 17.3. The van der Waals surface area contributed by atoms with E-state index >= 15 is 0 Å². The van der Waals surface area contributed by atoms with Crippen molar-refractivity contribution in [3.05, 3.63) is 47.3 Å². The summed E-state index contributed by atoms with van der Waals surface area (Å²) < 4.78 is 6.82. The molecule has 0 radical (unpaired) electrons. The molecule has 0 fully saturated rings. The third-order valence-electron chi connectivity index (χ3n) is 4.57. The van der Waals surface area contributed by atoms with Crippen molar-refractivity contribution < 1.29 is 14.3 Å². The van der Waals surface area contributed by atoms with Crippen LogP contribution in [0.15, 0.2) is 30.5 Å². The molecule has 1 aliphatic rings. The van der Waals surface area contributed by atoms with Crippen LogP contribution in [0.25, 0.3) is 0 Å². The lowest BCUT2D eigenvalue weighted by Gasteiger charge is -2.35. The summed E-state index contributed by atoms with van der Waals surface area (Å²) in [5.74, 6) is -0.726. The Labute approximate surface area is 141 Å². The predicted octanol–water partition coefficient (Wildman–Crippen LogP) is 2.25. The molecule has 0 spiro atoms. The van der Waals surface area contributed by atoms with E-state index in [1.165, 1.54) is 6.20 Å². The topological polar surface area (TPSA) is 64.4 Å². The fourth-order valence-corrected chi connectivity index (χ4v) is 3.04. The smallest absolute Gasteiger partial charge is 0.342 e. The van der Waals surface area contributed by atoms with E-state index < -0.39 is 5.97 Å². The van der Waals surface area contributed by atoms with Gasteiger partial charge in [0.15, 0.2) is 6.61 Å². The zero-order valence-electron chi connectivity index (χ0n) is 14.2. The molecule has 6 heteroatoms. The standard InChI is InChI=1S/C18H21N3O3/c1-12-8-9-14-6-4-5-7-16(14)21(12)17(22)11-24-18(23)15-10-19-20(3)13(15)2/h4-7,10,12H,8-9,11H2,1-3H3/t12-/m0/s1. The summed E-state index contributed by atoms with van der Waals surface area (Å²) in [4.78, 5) is 26.5. The van der Waals surface area contributed by atoms with Crippen molar-refractivity contribution in [2.45, 2.75) is 32.7 Å². The molecule has 0 saturated carbocycles. The maximum Gasteiger partial charge on any atom is 0.342 e. The summed E-state index contributed by atoms with van der Waals surface area (Å²) >= 11 is 0. The molecule has 0 aliphatic carbocycles. The maximum atomic E-state index is 12.6. The first-order valence-corrected chi connectivity index (χ1v) is 8.04. The highest BCUT2D eigenvalue weighted by molar-refractivity contribution is 5.98. The van der Waals surface area contributed by atoms with Gasteiger partial charge in [-0.2, -0.15) is 5.10 Å². The Bertz CT molecular complexity index is 782. The van der Waals surface area contributed by atoms with E-state index in [0.717, 1.165) is 24.1 Å². The van der Waals surface area contributed by atoms with E-state index in [1.54, 1.807) is 23.6 Å². The zero-order valence-corrected chi connectivity index (χ0v) is 14.2. The molecular weight excluding hydrogens is 306 g/mol. The number of hydrogen-bond donors (Lipinski definition) is 0. The molecule has 2 heterocycles. The predicted molar refractivity (Wildman–Crippen MR) is 89.9 cm³/mol. The maximum absolute atomic E-state index is 12.6. The van der Waals surface area contributed by atoms with Crippen LogP contribution in [-0.4, -0.2) is 34.3 Å². The number of carbonyl (C=O) groups is 2. The van der Waals surface area contributed by atoms with Gasteiger partial charge in [-0.05, 0) is 38.3 Å². The average molecular weight is 327 g/mol. The number of rotatable bonds is 3. The SMILES string of the molecule is Cc1c(C(=O)OCC(=O)N2c3ccccc3CC[C@@H]2C)cnn1C. The summed E-state index contributed by atoms with van der Waals surface area (Å²) in [7, 11) is 1.75. The van der Waals surface area contributed by atoms with Gasteiger partial charge in [0, 0.05) is 24.5 Å². The van der Waals surface area contributed by atoms with Crippen LogP contribution in [0.2, 0.25) is 0 Å². The van der Waals surface area contributed by atoms with Gasteiger partial charge in [0.2, 0.25) is 0 Å². The van der Waals surface area contributed by atoms with E-state index in [9.17, 15) is 9.59 Å².